The van der Waals surface area contributed by atoms with E-state index in [4.69, 9.17) is 38.9 Å². The lowest BCUT2D eigenvalue weighted by Crippen LogP contribution is -2.16. The first-order chi connectivity index (χ1) is 39.5. The molecular formula is C71H78N4O6. The third-order valence-electron chi connectivity index (χ3n) is 14.9. The molecule has 0 aliphatic heterocycles. The van der Waals surface area contributed by atoms with Gasteiger partial charge < -0.3 is 18.9 Å². The van der Waals surface area contributed by atoms with Crippen LogP contribution in [0, 0.1) is 11.8 Å². The van der Waals surface area contributed by atoms with Crippen molar-refractivity contribution in [2.45, 2.75) is 149 Å². The Kier molecular flexibility index (Phi) is 21.0. The molecule has 0 spiro atoms. The molecule has 2 heterocycles. The standard InChI is InChI=1S/C36H40N2O3.C35H38N2O3/c1-26(2)41-33-19-15-30(16-20-33)36-24-37-34(35(38-36)22-27-9-5-3-6-10-27)23-31(39)21-28-13-17-32(18-14-28)40-25-29-11-7-4-8-12-29;1-25(2)40-32-18-14-29(15-19-32)35-23-36-33(34(37-35)21-26-8-6-7-9-26)22-30(38)20-27-12-16-31(17-13-27)39-24-28-10-4-3-5-11-28/h4,7-8,11-20,24,26-27H,3,5-6,9-10,21-23,25H2,1-2H3;3-5,10-19,23,25-26H,6-9,20-22,24H2,1-2H3. The second kappa shape index (κ2) is 29.5. The van der Waals surface area contributed by atoms with E-state index in [1.165, 1.54) is 57.8 Å². The molecular weight excluding hydrogens is 1000 g/mol. The summed E-state index contributed by atoms with van der Waals surface area (Å²) in [6.45, 7) is 9.12. The number of rotatable bonds is 24. The van der Waals surface area contributed by atoms with E-state index >= 15 is 0 Å². The van der Waals surface area contributed by atoms with Crippen molar-refractivity contribution in [1.82, 2.24) is 19.9 Å². The molecule has 2 saturated carbocycles. The summed E-state index contributed by atoms with van der Waals surface area (Å²) < 4.78 is 23.4. The largest absolute Gasteiger partial charge is 0.491 e. The Morgan fingerprint density at radius 1 is 0.407 bits per heavy atom. The fraction of sp³-hybridized carbons (Fsp3) is 0.352. The van der Waals surface area contributed by atoms with Crippen molar-refractivity contribution in [3.05, 3.63) is 215 Å². The summed E-state index contributed by atoms with van der Waals surface area (Å²) in [6, 6.07) is 51.9. The highest BCUT2D eigenvalue weighted by Crippen LogP contribution is 2.32. The summed E-state index contributed by atoms with van der Waals surface area (Å²) in [6.07, 6.45) is 18.2. The monoisotopic (exact) mass is 1080 g/mol. The van der Waals surface area contributed by atoms with Gasteiger partial charge in [0, 0.05) is 24.0 Å². The number of carbonyl (C=O) groups is 2. The van der Waals surface area contributed by atoms with Gasteiger partial charge >= 0.3 is 0 Å². The highest BCUT2D eigenvalue weighted by molar-refractivity contribution is 5.83. The minimum atomic E-state index is 0.130. The molecule has 10 nitrogen and oxygen atoms in total. The van der Waals surface area contributed by atoms with E-state index in [2.05, 4.69) is 0 Å². The van der Waals surface area contributed by atoms with E-state index in [9.17, 15) is 9.59 Å². The minimum absolute atomic E-state index is 0.130. The number of ketones is 2. The Morgan fingerprint density at radius 3 is 1.14 bits per heavy atom. The zero-order valence-corrected chi connectivity index (χ0v) is 47.7. The SMILES string of the molecule is CC(C)Oc1ccc(-c2cnc(CC(=O)Cc3ccc(OCc4ccccc4)cc3)c(CC3CCCC3)n2)cc1.CC(C)Oc1ccc(-c2cnc(CC(=O)Cc3ccc(OCc4ccccc4)cc3)c(CC3CCCCC3)n2)cc1. The molecule has 0 unspecified atom stereocenters. The Bertz CT molecular complexity index is 3210. The van der Waals surface area contributed by atoms with Crippen LogP contribution in [-0.4, -0.2) is 43.7 Å². The number of hydrogen-bond donors (Lipinski definition) is 0. The van der Waals surface area contributed by atoms with Gasteiger partial charge in [0.05, 0.1) is 71.6 Å². The van der Waals surface area contributed by atoms with Gasteiger partial charge in [0.25, 0.3) is 0 Å². The molecule has 0 amide bonds. The first-order valence-corrected chi connectivity index (χ1v) is 29.3. The van der Waals surface area contributed by atoms with Crippen molar-refractivity contribution < 1.29 is 28.5 Å². The quantitative estimate of drug-likeness (QED) is 0.0578. The molecule has 0 saturated heterocycles. The fourth-order valence-electron chi connectivity index (χ4n) is 10.8. The van der Waals surface area contributed by atoms with E-state index in [0.717, 1.165) is 103 Å². The molecule has 0 radical (unpaired) electrons. The predicted molar refractivity (Wildman–Crippen MR) is 322 cm³/mol. The van der Waals surface area contributed by atoms with Crippen LogP contribution >= 0.6 is 0 Å². The van der Waals surface area contributed by atoms with E-state index < -0.39 is 0 Å². The third-order valence-corrected chi connectivity index (χ3v) is 14.9. The van der Waals surface area contributed by atoms with Crippen LogP contribution in [0.15, 0.2) is 170 Å². The Labute approximate surface area is 479 Å². The van der Waals surface area contributed by atoms with E-state index in [0.29, 0.717) is 50.7 Å². The topological polar surface area (TPSA) is 123 Å². The summed E-state index contributed by atoms with van der Waals surface area (Å²) in [7, 11) is 0. The fourth-order valence-corrected chi connectivity index (χ4v) is 10.8. The maximum Gasteiger partial charge on any atom is 0.143 e. The molecule has 2 aromatic heterocycles. The van der Waals surface area contributed by atoms with Crippen molar-refractivity contribution in [2.24, 2.45) is 11.8 Å². The molecule has 6 aromatic carbocycles. The number of hydrogen-bond acceptors (Lipinski definition) is 10. The molecule has 2 aliphatic carbocycles. The molecule has 2 aliphatic rings. The second-order valence-electron chi connectivity index (χ2n) is 22.4. The van der Waals surface area contributed by atoms with Crippen LogP contribution in [0.3, 0.4) is 0 Å². The van der Waals surface area contributed by atoms with Crippen LogP contribution in [0.5, 0.6) is 23.0 Å². The van der Waals surface area contributed by atoms with Crippen molar-refractivity contribution >= 4 is 11.6 Å². The molecule has 81 heavy (non-hydrogen) atoms. The van der Waals surface area contributed by atoms with Crippen LogP contribution in [0.1, 0.15) is 131 Å². The lowest BCUT2D eigenvalue weighted by Gasteiger charge is -2.22. The molecule has 2 fully saturated rings. The van der Waals surface area contributed by atoms with Gasteiger partial charge in [-0.2, -0.15) is 0 Å². The van der Waals surface area contributed by atoms with E-state index in [1.54, 1.807) is 6.20 Å². The zero-order valence-electron chi connectivity index (χ0n) is 47.7. The van der Waals surface area contributed by atoms with E-state index in [1.807, 2.05) is 192 Å². The lowest BCUT2D eigenvalue weighted by molar-refractivity contribution is -0.118. The van der Waals surface area contributed by atoms with Crippen LogP contribution in [0.2, 0.25) is 0 Å². The predicted octanol–water partition coefficient (Wildman–Crippen LogP) is 15.6. The number of Topliss-reactive ketones (excluding diaryl/α,β-unsaturated/α-hetero) is 2. The average Bonchev–Trinajstić information content (AvgIpc) is 4.00. The molecule has 0 bridgehead atoms. The second-order valence-corrected chi connectivity index (χ2v) is 22.4. The number of benzene rings is 6. The molecule has 10 rings (SSSR count). The molecule has 418 valence electrons. The summed E-state index contributed by atoms with van der Waals surface area (Å²) in [5.74, 6) is 4.78. The minimum Gasteiger partial charge on any atom is -0.491 e. The number of carbonyl (C=O) groups excluding carboxylic acids is 2. The highest BCUT2D eigenvalue weighted by Gasteiger charge is 2.22. The van der Waals surface area contributed by atoms with Gasteiger partial charge in [-0.25, -0.2) is 9.97 Å². The summed E-state index contributed by atoms with van der Waals surface area (Å²) in [5, 5.41) is 0. The van der Waals surface area contributed by atoms with Gasteiger partial charge in [-0.05, 0) is 147 Å². The van der Waals surface area contributed by atoms with Crippen molar-refractivity contribution in [2.75, 3.05) is 0 Å². The van der Waals surface area contributed by atoms with Gasteiger partial charge in [0.1, 0.15) is 47.8 Å². The maximum atomic E-state index is 13.2. The van der Waals surface area contributed by atoms with Crippen LogP contribution in [0.25, 0.3) is 22.5 Å². The smallest absolute Gasteiger partial charge is 0.143 e. The first-order valence-electron chi connectivity index (χ1n) is 29.3. The number of nitrogens with zero attached hydrogens (tertiary/aromatic N) is 4. The molecule has 0 atom stereocenters. The van der Waals surface area contributed by atoms with Crippen molar-refractivity contribution in [3.8, 4) is 45.5 Å². The van der Waals surface area contributed by atoms with Gasteiger partial charge in [-0.1, -0.05) is 143 Å². The number of aromatic nitrogens is 4. The Morgan fingerprint density at radius 2 is 0.765 bits per heavy atom. The summed E-state index contributed by atoms with van der Waals surface area (Å²) in [5.41, 5.74) is 11.4. The van der Waals surface area contributed by atoms with Crippen LogP contribution < -0.4 is 18.9 Å². The summed E-state index contributed by atoms with van der Waals surface area (Å²) >= 11 is 0. The van der Waals surface area contributed by atoms with Gasteiger partial charge in [0.15, 0.2) is 0 Å². The average molecular weight is 1080 g/mol. The highest BCUT2D eigenvalue weighted by atomic mass is 16.5. The molecule has 10 heteroatoms. The maximum absolute atomic E-state index is 13.2. The normalized spacial score (nSPS) is 13.6. The molecule has 0 N–H and O–H groups in total. The van der Waals surface area contributed by atoms with Crippen LogP contribution in [0.4, 0.5) is 0 Å². The Hall–Kier alpha value is -7.98. The van der Waals surface area contributed by atoms with Crippen molar-refractivity contribution in [1.29, 1.82) is 0 Å². The summed E-state index contributed by atoms with van der Waals surface area (Å²) in [4.78, 5) is 46.0. The van der Waals surface area contributed by atoms with Gasteiger partial charge in [0.2, 0.25) is 0 Å². The third kappa shape index (κ3) is 18.3. The van der Waals surface area contributed by atoms with Gasteiger partial charge in [-0.3, -0.25) is 19.6 Å². The van der Waals surface area contributed by atoms with Crippen LogP contribution in [-0.2, 0) is 61.3 Å². The number of ether oxygens (including phenoxy) is 4. The van der Waals surface area contributed by atoms with Gasteiger partial charge in [-0.15, -0.1) is 0 Å². The molecule has 8 aromatic rings. The Balaban J connectivity index is 0.000000196. The zero-order chi connectivity index (χ0) is 56.2. The van der Waals surface area contributed by atoms with Crippen molar-refractivity contribution in [3.63, 3.8) is 0 Å². The van der Waals surface area contributed by atoms with E-state index in [-0.39, 0.29) is 23.8 Å². The lowest BCUT2D eigenvalue weighted by atomic mass is 9.85. The first kappa shape index (κ1) is 57.7.